The third kappa shape index (κ3) is 4.05. The standard InChI is InChI=1S/C13H19N5OS2/c1-5-11-15-8(2)12(21-11)9(3)18(4)6-10(19)16-13-17-14-7-20-13/h7,9H,5-6H2,1-4H3,(H,16,17,19)/t9-/m1/s1. The topological polar surface area (TPSA) is 71.0 Å². The minimum Gasteiger partial charge on any atom is -0.299 e. The van der Waals surface area contributed by atoms with Gasteiger partial charge < -0.3 is 0 Å². The Labute approximate surface area is 132 Å². The van der Waals surface area contributed by atoms with Crippen LogP contribution in [0, 0.1) is 6.92 Å². The number of carbonyl (C=O) groups is 1. The van der Waals surface area contributed by atoms with E-state index in [9.17, 15) is 4.79 Å². The lowest BCUT2D eigenvalue weighted by Crippen LogP contribution is -2.32. The second kappa shape index (κ2) is 7.06. The summed E-state index contributed by atoms with van der Waals surface area (Å²) in [6.07, 6.45) is 0.944. The van der Waals surface area contributed by atoms with E-state index in [1.807, 2.05) is 18.9 Å². The highest BCUT2D eigenvalue weighted by molar-refractivity contribution is 7.13. The number of nitrogens with zero attached hydrogens (tertiary/aromatic N) is 4. The van der Waals surface area contributed by atoms with Crippen molar-refractivity contribution in [2.24, 2.45) is 0 Å². The summed E-state index contributed by atoms with van der Waals surface area (Å²) in [4.78, 5) is 19.8. The van der Waals surface area contributed by atoms with Crippen molar-refractivity contribution in [2.45, 2.75) is 33.2 Å². The van der Waals surface area contributed by atoms with Gasteiger partial charge >= 0.3 is 0 Å². The van der Waals surface area contributed by atoms with Crippen LogP contribution in [0.15, 0.2) is 5.51 Å². The van der Waals surface area contributed by atoms with Gasteiger partial charge in [0.15, 0.2) is 0 Å². The average Bonchev–Trinajstić information content (AvgIpc) is 3.07. The quantitative estimate of drug-likeness (QED) is 0.883. The first-order valence-electron chi connectivity index (χ1n) is 6.73. The van der Waals surface area contributed by atoms with E-state index in [1.54, 1.807) is 16.8 Å². The number of hydrogen-bond acceptors (Lipinski definition) is 7. The van der Waals surface area contributed by atoms with Crippen LogP contribution in [-0.4, -0.2) is 39.6 Å². The SMILES string of the molecule is CCc1nc(C)c([C@@H](C)N(C)CC(=O)Nc2nncs2)s1. The van der Waals surface area contributed by atoms with Gasteiger partial charge in [0.25, 0.3) is 0 Å². The molecular weight excluding hydrogens is 306 g/mol. The van der Waals surface area contributed by atoms with Crippen molar-refractivity contribution in [1.82, 2.24) is 20.1 Å². The van der Waals surface area contributed by atoms with Gasteiger partial charge in [0.05, 0.1) is 17.2 Å². The summed E-state index contributed by atoms with van der Waals surface area (Å²) < 4.78 is 0. The lowest BCUT2D eigenvalue weighted by molar-refractivity contribution is -0.117. The number of thiazole rings is 1. The third-order valence-corrected chi connectivity index (χ3v) is 5.30. The van der Waals surface area contributed by atoms with Gasteiger partial charge in [-0.2, -0.15) is 0 Å². The first-order valence-corrected chi connectivity index (χ1v) is 8.43. The van der Waals surface area contributed by atoms with Crippen molar-refractivity contribution >= 4 is 33.7 Å². The molecule has 0 aliphatic rings. The number of anilines is 1. The lowest BCUT2D eigenvalue weighted by Gasteiger charge is -2.23. The minimum absolute atomic E-state index is 0.0843. The zero-order valence-corrected chi connectivity index (χ0v) is 14.2. The van der Waals surface area contributed by atoms with E-state index in [0.717, 1.165) is 17.1 Å². The van der Waals surface area contributed by atoms with Crippen molar-refractivity contribution < 1.29 is 4.79 Å². The smallest absolute Gasteiger partial charge is 0.240 e. The Bertz CT molecular complexity index is 596. The molecule has 1 amide bonds. The van der Waals surface area contributed by atoms with Crippen molar-refractivity contribution in [1.29, 1.82) is 0 Å². The Morgan fingerprint density at radius 2 is 2.29 bits per heavy atom. The number of carbonyl (C=O) groups excluding carboxylic acids is 1. The lowest BCUT2D eigenvalue weighted by atomic mass is 10.2. The number of aryl methyl sites for hydroxylation is 2. The highest BCUT2D eigenvalue weighted by atomic mass is 32.1. The molecule has 0 saturated carbocycles. The maximum Gasteiger partial charge on any atom is 0.240 e. The number of rotatable bonds is 6. The summed E-state index contributed by atoms with van der Waals surface area (Å²) in [5.41, 5.74) is 2.65. The Morgan fingerprint density at radius 1 is 1.52 bits per heavy atom. The molecule has 0 radical (unpaired) electrons. The number of amides is 1. The molecule has 0 aliphatic heterocycles. The predicted octanol–water partition coefficient (Wildman–Crippen LogP) is 2.50. The first-order chi connectivity index (χ1) is 10.0. The van der Waals surface area contributed by atoms with Crippen LogP contribution >= 0.6 is 22.7 Å². The maximum absolute atomic E-state index is 12.0. The highest BCUT2D eigenvalue weighted by Crippen LogP contribution is 2.28. The summed E-state index contributed by atoms with van der Waals surface area (Å²) in [5, 5.41) is 11.9. The molecule has 0 spiro atoms. The molecule has 0 aliphatic carbocycles. The second-order valence-electron chi connectivity index (χ2n) is 4.79. The molecule has 2 aromatic rings. The van der Waals surface area contributed by atoms with E-state index in [-0.39, 0.29) is 11.9 Å². The predicted molar refractivity (Wildman–Crippen MR) is 85.8 cm³/mol. The molecule has 6 nitrogen and oxygen atoms in total. The molecule has 2 heterocycles. The number of nitrogens with one attached hydrogen (secondary N) is 1. The van der Waals surface area contributed by atoms with Gasteiger partial charge in [0, 0.05) is 10.9 Å². The minimum atomic E-state index is -0.0843. The molecule has 1 N–H and O–H groups in total. The van der Waals surface area contributed by atoms with Gasteiger partial charge in [0.2, 0.25) is 11.0 Å². The zero-order chi connectivity index (χ0) is 15.4. The van der Waals surface area contributed by atoms with Crippen molar-refractivity contribution in [2.75, 3.05) is 18.9 Å². The number of likely N-dealkylation sites (N-methyl/N-ethyl adjacent to an activating group) is 1. The van der Waals surface area contributed by atoms with Crippen molar-refractivity contribution in [3.8, 4) is 0 Å². The molecule has 1 atom stereocenters. The summed E-state index contributed by atoms with van der Waals surface area (Å²) in [6, 6.07) is 0.156. The van der Waals surface area contributed by atoms with E-state index in [2.05, 4.69) is 34.3 Å². The molecule has 2 rings (SSSR count). The average molecular weight is 325 g/mol. The summed E-state index contributed by atoms with van der Waals surface area (Å²) in [6.45, 7) is 6.53. The van der Waals surface area contributed by atoms with Gasteiger partial charge in [-0.25, -0.2) is 4.98 Å². The molecular formula is C13H19N5OS2. The van der Waals surface area contributed by atoms with Gasteiger partial charge in [-0.3, -0.25) is 15.0 Å². The maximum atomic E-state index is 12.0. The molecule has 21 heavy (non-hydrogen) atoms. The van der Waals surface area contributed by atoms with Crippen LogP contribution in [0.1, 0.15) is 35.5 Å². The van der Waals surface area contributed by atoms with Crippen LogP contribution < -0.4 is 5.32 Å². The highest BCUT2D eigenvalue weighted by Gasteiger charge is 2.20. The molecule has 0 saturated heterocycles. The molecule has 114 valence electrons. The number of hydrogen-bond donors (Lipinski definition) is 1. The van der Waals surface area contributed by atoms with Crippen molar-refractivity contribution in [3.05, 3.63) is 21.1 Å². The van der Waals surface area contributed by atoms with E-state index in [0.29, 0.717) is 11.7 Å². The molecule has 0 aromatic carbocycles. The molecule has 8 heteroatoms. The second-order valence-corrected chi connectivity index (χ2v) is 6.74. The Balaban J connectivity index is 1.96. The summed E-state index contributed by atoms with van der Waals surface area (Å²) >= 11 is 3.03. The van der Waals surface area contributed by atoms with Gasteiger partial charge in [-0.15, -0.1) is 21.5 Å². The Hall–Kier alpha value is -1.38. The zero-order valence-electron chi connectivity index (χ0n) is 12.6. The largest absolute Gasteiger partial charge is 0.299 e. The van der Waals surface area contributed by atoms with Crippen LogP contribution in [0.2, 0.25) is 0 Å². The third-order valence-electron chi connectivity index (χ3n) is 3.22. The van der Waals surface area contributed by atoms with Crippen LogP contribution in [0.25, 0.3) is 0 Å². The molecule has 0 unspecified atom stereocenters. The summed E-state index contributed by atoms with van der Waals surface area (Å²) in [7, 11) is 1.94. The molecule has 2 aromatic heterocycles. The van der Waals surface area contributed by atoms with E-state index in [1.165, 1.54) is 16.2 Å². The number of aromatic nitrogens is 3. The summed E-state index contributed by atoms with van der Waals surface area (Å²) in [5.74, 6) is -0.0843. The first kappa shape index (κ1) is 16.0. The Morgan fingerprint density at radius 3 is 2.86 bits per heavy atom. The van der Waals surface area contributed by atoms with E-state index < -0.39 is 0 Å². The van der Waals surface area contributed by atoms with E-state index >= 15 is 0 Å². The van der Waals surface area contributed by atoms with Gasteiger partial charge in [-0.1, -0.05) is 18.3 Å². The van der Waals surface area contributed by atoms with Gasteiger partial charge in [-0.05, 0) is 27.3 Å². The fourth-order valence-electron chi connectivity index (χ4n) is 1.95. The fraction of sp³-hybridized carbons (Fsp3) is 0.538. The monoisotopic (exact) mass is 325 g/mol. The van der Waals surface area contributed by atoms with Crippen LogP contribution in [-0.2, 0) is 11.2 Å². The molecule has 0 fully saturated rings. The van der Waals surface area contributed by atoms with E-state index in [4.69, 9.17) is 0 Å². The fourth-order valence-corrected chi connectivity index (χ4v) is 3.54. The van der Waals surface area contributed by atoms with Crippen LogP contribution in [0.5, 0.6) is 0 Å². The van der Waals surface area contributed by atoms with Crippen molar-refractivity contribution in [3.63, 3.8) is 0 Å². The molecule has 0 bridgehead atoms. The Kier molecular flexibility index (Phi) is 5.38. The van der Waals surface area contributed by atoms with Gasteiger partial charge in [0.1, 0.15) is 5.51 Å². The van der Waals surface area contributed by atoms with Crippen LogP contribution in [0.3, 0.4) is 0 Å². The normalized spacial score (nSPS) is 12.6. The van der Waals surface area contributed by atoms with Crippen LogP contribution in [0.4, 0.5) is 5.13 Å².